The molecule has 0 atom stereocenters. The number of anilines is 1. The van der Waals surface area contributed by atoms with E-state index in [9.17, 15) is 0 Å². The first-order valence-corrected chi connectivity index (χ1v) is 5.90. The Hall–Kier alpha value is -0.930. The van der Waals surface area contributed by atoms with Crippen LogP contribution in [-0.4, -0.2) is 19.7 Å². The third kappa shape index (κ3) is 2.60. The van der Waals surface area contributed by atoms with Gasteiger partial charge in [-0.05, 0) is 37.0 Å². The van der Waals surface area contributed by atoms with Crippen molar-refractivity contribution in [3.8, 4) is 5.75 Å². The molecule has 1 aromatic rings. The summed E-state index contributed by atoms with van der Waals surface area (Å²) in [6.07, 6.45) is 2.24. The van der Waals surface area contributed by atoms with E-state index < -0.39 is 0 Å². The summed E-state index contributed by atoms with van der Waals surface area (Å²) in [6.45, 7) is 0.969. The van der Waals surface area contributed by atoms with Crippen LogP contribution in [0.3, 0.4) is 0 Å². The molecule has 0 radical (unpaired) electrons. The van der Waals surface area contributed by atoms with Gasteiger partial charge in [0.1, 0.15) is 5.75 Å². The van der Waals surface area contributed by atoms with Crippen LogP contribution in [-0.2, 0) is 0 Å². The Morgan fingerprint density at radius 2 is 2.25 bits per heavy atom. The van der Waals surface area contributed by atoms with Crippen LogP contribution >= 0.6 is 11.6 Å². The highest BCUT2D eigenvalue weighted by Crippen LogP contribution is 2.29. The highest BCUT2D eigenvalue weighted by molar-refractivity contribution is 6.32. The lowest BCUT2D eigenvalue weighted by Gasteiger charge is -2.32. The molecule has 3 nitrogen and oxygen atoms in total. The van der Waals surface area contributed by atoms with Gasteiger partial charge < -0.3 is 15.8 Å². The zero-order chi connectivity index (χ0) is 11.5. The van der Waals surface area contributed by atoms with Crippen LogP contribution in [0.2, 0.25) is 5.02 Å². The SMILES string of the molecule is COc1ccc(NCC2CC(N)C2)cc1Cl. The molecule has 4 heteroatoms. The van der Waals surface area contributed by atoms with Crippen molar-refractivity contribution in [2.75, 3.05) is 19.0 Å². The maximum atomic E-state index is 6.03. The van der Waals surface area contributed by atoms with Crippen molar-refractivity contribution >= 4 is 17.3 Å². The van der Waals surface area contributed by atoms with Crippen LogP contribution in [0.15, 0.2) is 18.2 Å². The summed E-state index contributed by atoms with van der Waals surface area (Å²) in [5.74, 6) is 1.41. The molecule has 1 fully saturated rings. The highest BCUT2D eigenvalue weighted by atomic mass is 35.5. The van der Waals surface area contributed by atoms with Gasteiger partial charge in [-0.3, -0.25) is 0 Å². The summed E-state index contributed by atoms with van der Waals surface area (Å²) in [6, 6.07) is 6.14. The van der Waals surface area contributed by atoms with E-state index in [1.54, 1.807) is 7.11 Å². The van der Waals surface area contributed by atoms with Gasteiger partial charge in [-0.2, -0.15) is 0 Å². The molecule has 1 saturated carbocycles. The lowest BCUT2D eigenvalue weighted by molar-refractivity contribution is 0.280. The monoisotopic (exact) mass is 240 g/mol. The average molecular weight is 241 g/mol. The van der Waals surface area contributed by atoms with Crippen LogP contribution in [0, 0.1) is 5.92 Å². The molecule has 3 N–H and O–H groups in total. The summed E-state index contributed by atoms with van der Waals surface area (Å²) in [4.78, 5) is 0. The van der Waals surface area contributed by atoms with Gasteiger partial charge in [0.05, 0.1) is 12.1 Å². The smallest absolute Gasteiger partial charge is 0.137 e. The van der Waals surface area contributed by atoms with Gasteiger partial charge in [0.25, 0.3) is 0 Å². The van der Waals surface area contributed by atoms with Crippen LogP contribution in [0.1, 0.15) is 12.8 Å². The number of hydrogen-bond acceptors (Lipinski definition) is 3. The van der Waals surface area contributed by atoms with Crippen LogP contribution < -0.4 is 15.8 Å². The van der Waals surface area contributed by atoms with Crippen molar-refractivity contribution in [1.82, 2.24) is 0 Å². The Morgan fingerprint density at radius 3 is 2.81 bits per heavy atom. The minimum atomic E-state index is 0.409. The Balaban J connectivity index is 1.87. The molecule has 0 aliphatic heterocycles. The predicted molar refractivity (Wildman–Crippen MR) is 67.2 cm³/mol. The third-order valence-corrected chi connectivity index (χ3v) is 3.31. The van der Waals surface area contributed by atoms with Gasteiger partial charge in [0.15, 0.2) is 0 Å². The maximum Gasteiger partial charge on any atom is 0.137 e. The minimum Gasteiger partial charge on any atom is -0.495 e. The van der Waals surface area contributed by atoms with E-state index in [0.29, 0.717) is 22.7 Å². The highest BCUT2D eigenvalue weighted by Gasteiger charge is 2.25. The summed E-state index contributed by atoms with van der Waals surface area (Å²) in [7, 11) is 1.62. The van der Waals surface area contributed by atoms with E-state index in [-0.39, 0.29) is 0 Å². The van der Waals surface area contributed by atoms with Gasteiger partial charge >= 0.3 is 0 Å². The first kappa shape index (κ1) is 11.6. The van der Waals surface area contributed by atoms with Crippen molar-refractivity contribution < 1.29 is 4.74 Å². The second-order valence-electron chi connectivity index (χ2n) is 4.33. The summed E-state index contributed by atoms with van der Waals surface area (Å²) in [5, 5.41) is 4.00. The minimum absolute atomic E-state index is 0.409. The number of methoxy groups -OCH3 is 1. The van der Waals surface area contributed by atoms with E-state index in [0.717, 1.165) is 25.1 Å². The molecule has 0 heterocycles. The van der Waals surface area contributed by atoms with E-state index >= 15 is 0 Å². The molecule has 0 bridgehead atoms. The zero-order valence-corrected chi connectivity index (χ0v) is 10.1. The van der Waals surface area contributed by atoms with Crippen LogP contribution in [0.5, 0.6) is 5.75 Å². The Kier molecular flexibility index (Phi) is 3.56. The van der Waals surface area contributed by atoms with Gasteiger partial charge in [-0.15, -0.1) is 0 Å². The fourth-order valence-electron chi connectivity index (χ4n) is 1.99. The van der Waals surface area contributed by atoms with Crippen molar-refractivity contribution in [1.29, 1.82) is 0 Å². The number of halogens is 1. The van der Waals surface area contributed by atoms with E-state index in [4.69, 9.17) is 22.1 Å². The first-order valence-electron chi connectivity index (χ1n) is 5.52. The average Bonchev–Trinajstić information content (AvgIpc) is 2.23. The molecular formula is C12H17ClN2O. The van der Waals surface area contributed by atoms with E-state index in [1.165, 1.54) is 0 Å². The van der Waals surface area contributed by atoms with Gasteiger partial charge in [0.2, 0.25) is 0 Å². The van der Waals surface area contributed by atoms with Crippen LogP contribution in [0.4, 0.5) is 5.69 Å². The molecule has 1 aliphatic carbocycles. The normalized spacial score (nSPS) is 23.7. The Labute approximate surface area is 101 Å². The summed E-state index contributed by atoms with van der Waals surface area (Å²) < 4.78 is 5.10. The number of benzene rings is 1. The molecule has 0 amide bonds. The fraction of sp³-hybridized carbons (Fsp3) is 0.500. The molecule has 1 aromatic carbocycles. The zero-order valence-electron chi connectivity index (χ0n) is 9.37. The quantitative estimate of drug-likeness (QED) is 0.850. The Morgan fingerprint density at radius 1 is 1.50 bits per heavy atom. The standard InChI is InChI=1S/C12H17ClN2O/c1-16-12-3-2-10(6-11(12)13)15-7-8-4-9(14)5-8/h2-3,6,8-9,15H,4-5,7,14H2,1H3. The second-order valence-corrected chi connectivity index (χ2v) is 4.73. The van der Waals surface area contributed by atoms with Gasteiger partial charge in [-0.1, -0.05) is 11.6 Å². The molecule has 88 valence electrons. The number of nitrogens with one attached hydrogen (secondary N) is 1. The van der Waals surface area contributed by atoms with Crippen LogP contribution in [0.25, 0.3) is 0 Å². The van der Waals surface area contributed by atoms with Crippen molar-refractivity contribution in [3.63, 3.8) is 0 Å². The number of nitrogens with two attached hydrogens (primary N) is 1. The fourth-order valence-corrected chi connectivity index (χ4v) is 2.25. The lowest BCUT2D eigenvalue weighted by atomic mass is 9.81. The molecule has 0 aromatic heterocycles. The number of ether oxygens (including phenoxy) is 1. The van der Waals surface area contributed by atoms with Crippen molar-refractivity contribution in [3.05, 3.63) is 23.2 Å². The molecule has 16 heavy (non-hydrogen) atoms. The number of rotatable bonds is 4. The molecule has 0 spiro atoms. The molecule has 1 aliphatic rings. The Bertz CT molecular complexity index is 364. The largest absolute Gasteiger partial charge is 0.495 e. The van der Waals surface area contributed by atoms with E-state index in [2.05, 4.69) is 5.32 Å². The second kappa shape index (κ2) is 4.93. The molecule has 0 saturated heterocycles. The third-order valence-electron chi connectivity index (χ3n) is 3.02. The predicted octanol–water partition coefficient (Wildman–Crippen LogP) is 2.50. The summed E-state index contributed by atoms with van der Waals surface area (Å²) in [5.41, 5.74) is 6.77. The van der Waals surface area contributed by atoms with Crippen molar-refractivity contribution in [2.24, 2.45) is 11.7 Å². The van der Waals surface area contributed by atoms with Gasteiger partial charge in [0, 0.05) is 18.3 Å². The lowest BCUT2D eigenvalue weighted by Crippen LogP contribution is -2.39. The summed E-state index contributed by atoms with van der Waals surface area (Å²) >= 11 is 6.03. The first-order chi connectivity index (χ1) is 7.69. The van der Waals surface area contributed by atoms with Gasteiger partial charge in [-0.25, -0.2) is 0 Å². The van der Waals surface area contributed by atoms with E-state index in [1.807, 2.05) is 18.2 Å². The topological polar surface area (TPSA) is 47.3 Å². The molecule has 0 unspecified atom stereocenters. The molecule has 2 rings (SSSR count). The molecular weight excluding hydrogens is 224 g/mol. The number of hydrogen-bond donors (Lipinski definition) is 2. The maximum absolute atomic E-state index is 6.03. The van der Waals surface area contributed by atoms with Crippen molar-refractivity contribution in [2.45, 2.75) is 18.9 Å².